The van der Waals surface area contributed by atoms with E-state index in [1.54, 1.807) is 0 Å². The molecule has 0 spiro atoms. The van der Waals surface area contributed by atoms with E-state index >= 15 is 0 Å². The topological polar surface area (TPSA) is 49.6 Å². The van der Waals surface area contributed by atoms with Crippen molar-refractivity contribution in [3.63, 3.8) is 0 Å². The highest BCUT2D eigenvalue weighted by Gasteiger charge is 2.15. The van der Waals surface area contributed by atoms with E-state index in [0.29, 0.717) is 5.56 Å². The van der Waals surface area contributed by atoms with Crippen molar-refractivity contribution >= 4 is 11.5 Å². The van der Waals surface area contributed by atoms with Gasteiger partial charge in [-0.3, -0.25) is 4.79 Å². The summed E-state index contributed by atoms with van der Waals surface area (Å²) in [5.74, 6) is 0.000905. The molecular formula is C13H19N3O. The number of nitrogens with two attached hydrogens (primary N) is 1. The molecule has 2 rings (SSSR count). The second-order valence-electron chi connectivity index (χ2n) is 4.47. The maximum absolute atomic E-state index is 11.5. The number of rotatable bonds is 3. The van der Waals surface area contributed by atoms with E-state index in [9.17, 15) is 4.79 Å². The molecule has 0 radical (unpaired) electrons. The summed E-state index contributed by atoms with van der Waals surface area (Å²) >= 11 is 0. The maximum Gasteiger partial charge on any atom is 0.176 e. The second-order valence-corrected chi connectivity index (χ2v) is 4.47. The number of benzene rings is 1. The van der Waals surface area contributed by atoms with Gasteiger partial charge in [0.15, 0.2) is 5.78 Å². The smallest absolute Gasteiger partial charge is 0.176 e. The number of hydrogen-bond donors (Lipinski definition) is 1. The molecule has 92 valence electrons. The summed E-state index contributed by atoms with van der Waals surface area (Å²) in [6.07, 6.45) is 0. The molecule has 1 aromatic carbocycles. The van der Waals surface area contributed by atoms with Crippen molar-refractivity contribution in [2.24, 2.45) is 5.73 Å². The number of carbonyl (C=O) groups is 1. The van der Waals surface area contributed by atoms with E-state index < -0.39 is 0 Å². The maximum atomic E-state index is 11.5. The summed E-state index contributed by atoms with van der Waals surface area (Å²) in [6, 6.07) is 7.75. The van der Waals surface area contributed by atoms with Crippen LogP contribution in [0.3, 0.4) is 0 Å². The molecule has 4 nitrogen and oxygen atoms in total. The Morgan fingerprint density at radius 1 is 1.29 bits per heavy atom. The van der Waals surface area contributed by atoms with Crippen LogP contribution in [0.1, 0.15) is 10.4 Å². The number of piperazine rings is 1. The van der Waals surface area contributed by atoms with E-state index in [1.165, 1.54) is 0 Å². The molecule has 1 fully saturated rings. The standard InChI is InChI=1S/C13H19N3O/c1-15-5-7-16(8-6-15)12-4-2-3-11(9-12)13(17)10-14/h2-4,9H,5-8,10,14H2,1H3. The van der Waals surface area contributed by atoms with E-state index in [2.05, 4.69) is 22.9 Å². The number of hydrogen-bond acceptors (Lipinski definition) is 4. The number of carbonyl (C=O) groups excluding carboxylic acids is 1. The molecule has 1 heterocycles. The van der Waals surface area contributed by atoms with Gasteiger partial charge >= 0.3 is 0 Å². The summed E-state index contributed by atoms with van der Waals surface area (Å²) in [4.78, 5) is 16.2. The highest BCUT2D eigenvalue weighted by atomic mass is 16.1. The van der Waals surface area contributed by atoms with Gasteiger partial charge in [0.05, 0.1) is 6.54 Å². The van der Waals surface area contributed by atoms with Crippen LogP contribution in [0.25, 0.3) is 0 Å². The highest BCUT2D eigenvalue weighted by Crippen LogP contribution is 2.18. The minimum atomic E-state index is 0.000905. The Labute approximate surface area is 102 Å². The summed E-state index contributed by atoms with van der Waals surface area (Å²) in [7, 11) is 2.13. The van der Waals surface area contributed by atoms with Gasteiger partial charge in [-0.2, -0.15) is 0 Å². The second kappa shape index (κ2) is 5.29. The molecule has 0 aromatic heterocycles. The van der Waals surface area contributed by atoms with Crippen LogP contribution in [0.15, 0.2) is 24.3 Å². The molecule has 0 atom stereocenters. The number of anilines is 1. The Morgan fingerprint density at radius 3 is 2.65 bits per heavy atom. The summed E-state index contributed by atoms with van der Waals surface area (Å²) < 4.78 is 0. The van der Waals surface area contributed by atoms with E-state index in [4.69, 9.17) is 5.73 Å². The van der Waals surface area contributed by atoms with Crippen LogP contribution in [-0.4, -0.2) is 50.5 Å². The van der Waals surface area contributed by atoms with Crippen LogP contribution >= 0.6 is 0 Å². The van der Waals surface area contributed by atoms with Crippen molar-refractivity contribution in [2.75, 3.05) is 44.7 Å². The molecule has 0 saturated carbocycles. The summed E-state index contributed by atoms with van der Waals surface area (Å²) in [6.45, 7) is 4.23. The fraction of sp³-hybridized carbons (Fsp3) is 0.462. The van der Waals surface area contributed by atoms with Gasteiger partial charge in [-0.05, 0) is 19.2 Å². The van der Waals surface area contributed by atoms with Gasteiger partial charge in [-0.15, -0.1) is 0 Å². The molecule has 0 aliphatic carbocycles. The zero-order chi connectivity index (χ0) is 12.3. The molecule has 1 aliphatic rings. The first kappa shape index (κ1) is 12.1. The molecule has 1 aliphatic heterocycles. The molecule has 2 N–H and O–H groups in total. The van der Waals surface area contributed by atoms with Crippen LogP contribution in [-0.2, 0) is 0 Å². The average Bonchev–Trinajstić information content (AvgIpc) is 2.39. The first-order valence-electron chi connectivity index (χ1n) is 5.97. The van der Waals surface area contributed by atoms with Gasteiger partial charge in [0.25, 0.3) is 0 Å². The largest absolute Gasteiger partial charge is 0.369 e. The van der Waals surface area contributed by atoms with Gasteiger partial charge in [-0.25, -0.2) is 0 Å². The van der Waals surface area contributed by atoms with Crippen molar-refractivity contribution < 1.29 is 4.79 Å². The van der Waals surface area contributed by atoms with Crippen LogP contribution in [0.2, 0.25) is 0 Å². The minimum absolute atomic E-state index is 0.000905. The number of nitrogens with zero attached hydrogens (tertiary/aromatic N) is 2. The van der Waals surface area contributed by atoms with Crippen molar-refractivity contribution in [1.29, 1.82) is 0 Å². The SMILES string of the molecule is CN1CCN(c2cccc(C(=O)CN)c2)CC1. The number of Topliss-reactive ketones (excluding diaryl/α,β-unsaturated/α-hetero) is 1. The van der Waals surface area contributed by atoms with Gasteiger partial charge in [-0.1, -0.05) is 12.1 Å². The average molecular weight is 233 g/mol. The number of ketones is 1. The first-order valence-corrected chi connectivity index (χ1v) is 5.97. The Balaban J connectivity index is 2.13. The molecule has 4 heteroatoms. The zero-order valence-corrected chi connectivity index (χ0v) is 10.2. The van der Waals surface area contributed by atoms with Crippen LogP contribution < -0.4 is 10.6 Å². The van der Waals surface area contributed by atoms with Crippen LogP contribution in [0.4, 0.5) is 5.69 Å². The fourth-order valence-corrected chi connectivity index (χ4v) is 2.06. The Kier molecular flexibility index (Phi) is 3.76. The molecule has 0 unspecified atom stereocenters. The lowest BCUT2D eigenvalue weighted by Crippen LogP contribution is -2.44. The number of likely N-dealkylation sites (N-methyl/N-ethyl adjacent to an activating group) is 1. The van der Waals surface area contributed by atoms with Crippen molar-refractivity contribution in [3.8, 4) is 0 Å². The quantitative estimate of drug-likeness (QED) is 0.776. The van der Waals surface area contributed by atoms with Gasteiger partial charge in [0.1, 0.15) is 0 Å². The van der Waals surface area contributed by atoms with E-state index in [1.807, 2.05) is 18.2 Å². The lowest BCUT2D eigenvalue weighted by molar-refractivity contribution is 0.100. The van der Waals surface area contributed by atoms with Crippen molar-refractivity contribution in [1.82, 2.24) is 4.90 Å². The first-order chi connectivity index (χ1) is 8.20. The van der Waals surface area contributed by atoms with Crippen LogP contribution in [0, 0.1) is 0 Å². The molecular weight excluding hydrogens is 214 g/mol. The van der Waals surface area contributed by atoms with Gasteiger partial charge in [0.2, 0.25) is 0 Å². The van der Waals surface area contributed by atoms with Crippen molar-refractivity contribution in [3.05, 3.63) is 29.8 Å². The predicted molar refractivity (Wildman–Crippen MR) is 69.5 cm³/mol. The molecule has 1 aromatic rings. The fourth-order valence-electron chi connectivity index (χ4n) is 2.06. The third-order valence-electron chi connectivity index (χ3n) is 3.22. The highest BCUT2D eigenvalue weighted by molar-refractivity contribution is 5.98. The molecule has 0 bridgehead atoms. The minimum Gasteiger partial charge on any atom is -0.369 e. The Morgan fingerprint density at radius 2 is 2.00 bits per heavy atom. The van der Waals surface area contributed by atoms with Crippen molar-refractivity contribution in [2.45, 2.75) is 0 Å². The summed E-state index contributed by atoms with van der Waals surface area (Å²) in [5.41, 5.74) is 7.22. The third kappa shape index (κ3) is 2.84. The molecule has 17 heavy (non-hydrogen) atoms. The van der Waals surface area contributed by atoms with Crippen LogP contribution in [0.5, 0.6) is 0 Å². The lowest BCUT2D eigenvalue weighted by atomic mass is 10.1. The Hall–Kier alpha value is -1.39. The third-order valence-corrected chi connectivity index (χ3v) is 3.22. The van der Waals surface area contributed by atoms with E-state index in [-0.39, 0.29) is 12.3 Å². The zero-order valence-electron chi connectivity index (χ0n) is 10.2. The lowest BCUT2D eigenvalue weighted by Gasteiger charge is -2.34. The molecule has 0 amide bonds. The predicted octanol–water partition coefficient (Wildman–Crippen LogP) is 0.580. The van der Waals surface area contributed by atoms with Gasteiger partial charge in [0, 0.05) is 37.4 Å². The monoisotopic (exact) mass is 233 g/mol. The molecule has 1 saturated heterocycles. The summed E-state index contributed by atoms with van der Waals surface area (Å²) in [5, 5.41) is 0. The normalized spacial score (nSPS) is 17.2. The van der Waals surface area contributed by atoms with Gasteiger partial charge < -0.3 is 15.5 Å². The Bertz CT molecular complexity index is 397. The van der Waals surface area contributed by atoms with E-state index in [0.717, 1.165) is 31.9 Å².